The second kappa shape index (κ2) is 8.45. The molecule has 1 aromatic heterocycles. The molecule has 1 amide bonds. The Kier molecular flexibility index (Phi) is 5.81. The molecular formula is C22H24N4O. The summed E-state index contributed by atoms with van der Waals surface area (Å²) in [5.74, 6) is -0.216. The fourth-order valence-electron chi connectivity index (χ4n) is 2.98. The van der Waals surface area contributed by atoms with Gasteiger partial charge in [-0.25, -0.2) is 5.43 Å². The van der Waals surface area contributed by atoms with E-state index in [4.69, 9.17) is 0 Å². The van der Waals surface area contributed by atoms with E-state index in [1.165, 1.54) is 0 Å². The lowest BCUT2D eigenvalue weighted by Gasteiger charge is -2.08. The number of hydrogen-bond acceptors (Lipinski definition) is 3. The molecule has 3 rings (SSSR count). The Balaban J connectivity index is 1.73. The van der Waals surface area contributed by atoms with E-state index >= 15 is 0 Å². The molecule has 2 aromatic carbocycles. The fraction of sp³-hybridized carbons (Fsp3) is 0.227. The van der Waals surface area contributed by atoms with Crippen LogP contribution in [0.4, 0.5) is 0 Å². The molecule has 0 fully saturated rings. The number of aryl methyl sites for hydroxylation is 2. The van der Waals surface area contributed by atoms with Crippen molar-refractivity contribution < 1.29 is 4.79 Å². The molecule has 27 heavy (non-hydrogen) atoms. The standard InChI is InChI=1S/C22H24N4O/c1-4-21(19-10-6-5-7-11-19)23-24-22(27)20-12-8-9-18(14-20)15-26-17(3)13-16(2)25-26/h5-14H,4,15H2,1-3H3,(H,24,27)/b23-21+. The van der Waals surface area contributed by atoms with Crippen molar-refractivity contribution in [1.29, 1.82) is 0 Å². The quantitative estimate of drug-likeness (QED) is 0.532. The normalized spacial score (nSPS) is 11.4. The van der Waals surface area contributed by atoms with Gasteiger partial charge < -0.3 is 0 Å². The highest BCUT2D eigenvalue weighted by Crippen LogP contribution is 2.10. The average Bonchev–Trinajstić information content (AvgIpc) is 3.00. The maximum absolute atomic E-state index is 12.5. The third kappa shape index (κ3) is 4.70. The molecule has 0 aliphatic rings. The van der Waals surface area contributed by atoms with Crippen LogP contribution in [0.1, 0.15) is 46.2 Å². The number of benzene rings is 2. The van der Waals surface area contributed by atoms with Crippen LogP contribution in [-0.4, -0.2) is 21.4 Å². The first-order chi connectivity index (χ1) is 13.1. The minimum absolute atomic E-state index is 0.216. The maximum Gasteiger partial charge on any atom is 0.271 e. The molecule has 1 N–H and O–H groups in total. The Hall–Kier alpha value is -3.21. The molecule has 0 atom stereocenters. The van der Waals surface area contributed by atoms with Gasteiger partial charge in [0.15, 0.2) is 0 Å². The van der Waals surface area contributed by atoms with Crippen molar-refractivity contribution in [2.75, 3.05) is 0 Å². The molecule has 0 aliphatic carbocycles. The number of hydrazone groups is 1. The zero-order chi connectivity index (χ0) is 19.2. The molecule has 5 nitrogen and oxygen atoms in total. The van der Waals surface area contributed by atoms with Gasteiger partial charge in [0.1, 0.15) is 0 Å². The van der Waals surface area contributed by atoms with Crippen molar-refractivity contribution in [3.05, 3.63) is 88.7 Å². The average molecular weight is 360 g/mol. The molecule has 1 heterocycles. The Bertz CT molecular complexity index is 957. The molecule has 5 heteroatoms. The number of aromatic nitrogens is 2. The van der Waals surface area contributed by atoms with Crippen LogP contribution < -0.4 is 5.43 Å². The highest BCUT2D eigenvalue weighted by atomic mass is 16.2. The highest BCUT2D eigenvalue weighted by Gasteiger charge is 2.08. The molecule has 0 aliphatic heterocycles. The monoisotopic (exact) mass is 360 g/mol. The molecule has 0 unspecified atom stereocenters. The predicted octanol–water partition coefficient (Wildman–Crippen LogP) is 4.09. The summed E-state index contributed by atoms with van der Waals surface area (Å²) in [6, 6.07) is 19.5. The van der Waals surface area contributed by atoms with Gasteiger partial charge in [-0.1, -0.05) is 49.4 Å². The molecule has 0 spiro atoms. The minimum atomic E-state index is -0.216. The zero-order valence-electron chi connectivity index (χ0n) is 15.9. The van der Waals surface area contributed by atoms with Gasteiger partial charge >= 0.3 is 0 Å². The van der Waals surface area contributed by atoms with Crippen LogP contribution in [0.25, 0.3) is 0 Å². The smallest absolute Gasteiger partial charge is 0.267 e. The topological polar surface area (TPSA) is 59.3 Å². The van der Waals surface area contributed by atoms with E-state index in [0.717, 1.165) is 34.6 Å². The number of carbonyl (C=O) groups is 1. The molecule has 0 saturated carbocycles. The first-order valence-electron chi connectivity index (χ1n) is 9.09. The first-order valence-corrected chi connectivity index (χ1v) is 9.09. The van der Waals surface area contributed by atoms with Crippen LogP contribution in [0.5, 0.6) is 0 Å². The number of amides is 1. The van der Waals surface area contributed by atoms with Gasteiger partial charge in [0.25, 0.3) is 5.91 Å². The van der Waals surface area contributed by atoms with Crippen LogP contribution in [-0.2, 0) is 6.54 Å². The fourth-order valence-corrected chi connectivity index (χ4v) is 2.98. The molecule has 0 radical (unpaired) electrons. The second-order valence-electron chi connectivity index (χ2n) is 6.50. The summed E-state index contributed by atoms with van der Waals surface area (Å²) in [5, 5.41) is 8.80. The summed E-state index contributed by atoms with van der Waals surface area (Å²) in [7, 11) is 0. The first kappa shape index (κ1) is 18.6. The largest absolute Gasteiger partial charge is 0.271 e. The second-order valence-corrected chi connectivity index (χ2v) is 6.50. The van der Waals surface area contributed by atoms with Gasteiger partial charge in [-0.2, -0.15) is 10.2 Å². The summed E-state index contributed by atoms with van der Waals surface area (Å²) in [6.07, 6.45) is 0.738. The van der Waals surface area contributed by atoms with Crippen molar-refractivity contribution >= 4 is 11.6 Å². The van der Waals surface area contributed by atoms with Crippen molar-refractivity contribution in [3.8, 4) is 0 Å². The molecular weight excluding hydrogens is 336 g/mol. The van der Waals surface area contributed by atoms with E-state index in [2.05, 4.69) is 15.6 Å². The zero-order valence-corrected chi connectivity index (χ0v) is 15.9. The van der Waals surface area contributed by atoms with Crippen LogP contribution in [0.15, 0.2) is 65.8 Å². The third-order valence-electron chi connectivity index (χ3n) is 4.36. The van der Waals surface area contributed by atoms with Crippen LogP contribution in [0, 0.1) is 13.8 Å². The molecule has 3 aromatic rings. The third-order valence-corrected chi connectivity index (χ3v) is 4.36. The van der Waals surface area contributed by atoms with Gasteiger partial charge in [-0.15, -0.1) is 0 Å². The summed E-state index contributed by atoms with van der Waals surface area (Å²) in [4.78, 5) is 12.5. The minimum Gasteiger partial charge on any atom is -0.267 e. The number of nitrogens with zero attached hydrogens (tertiary/aromatic N) is 3. The van der Waals surface area contributed by atoms with Crippen molar-refractivity contribution in [3.63, 3.8) is 0 Å². The molecule has 0 saturated heterocycles. The Labute approximate surface area is 159 Å². The maximum atomic E-state index is 12.5. The number of nitrogens with one attached hydrogen (secondary N) is 1. The van der Waals surface area contributed by atoms with E-state index in [0.29, 0.717) is 12.1 Å². The Morgan fingerprint density at radius 2 is 1.78 bits per heavy atom. The summed E-state index contributed by atoms with van der Waals surface area (Å²) in [5.41, 5.74) is 8.24. The Morgan fingerprint density at radius 3 is 2.44 bits per heavy atom. The number of hydrogen-bond donors (Lipinski definition) is 1. The highest BCUT2D eigenvalue weighted by molar-refractivity contribution is 6.02. The predicted molar refractivity (Wildman–Crippen MR) is 108 cm³/mol. The summed E-state index contributed by atoms with van der Waals surface area (Å²) < 4.78 is 1.94. The van der Waals surface area contributed by atoms with Gasteiger partial charge in [-0.05, 0) is 49.6 Å². The number of rotatable bonds is 6. The lowest BCUT2D eigenvalue weighted by atomic mass is 10.1. The van der Waals surface area contributed by atoms with E-state index < -0.39 is 0 Å². The van der Waals surface area contributed by atoms with Crippen molar-refractivity contribution in [2.24, 2.45) is 5.10 Å². The van der Waals surface area contributed by atoms with Crippen molar-refractivity contribution in [1.82, 2.24) is 15.2 Å². The Morgan fingerprint density at radius 1 is 1.04 bits per heavy atom. The SMILES string of the molecule is CC/C(=N\NC(=O)c1cccc(Cn2nc(C)cc2C)c1)c1ccccc1. The summed E-state index contributed by atoms with van der Waals surface area (Å²) >= 11 is 0. The van der Waals surface area contributed by atoms with Gasteiger partial charge in [-0.3, -0.25) is 9.48 Å². The lowest BCUT2D eigenvalue weighted by Crippen LogP contribution is -2.20. The van der Waals surface area contributed by atoms with Crippen LogP contribution in [0.3, 0.4) is 0 Å². The number of carbonyl (C=O) groups excluding carboxylic acids is 1. The van der Waals surface area contributed by atoms with E-state index in [1.807, 2.05) is 80.1 Å². The van der Waals surface area contributed by atoms with Gasteiger partial charge in [0.2, 0.25) is 0 Å². The lowest BCUT2D eigenvalue weighted by molar-refractivity contribution is 0.0954. The summed E-state index contributed by atoms with van der Waals surface area (Å²) in [6.45, 7) is 6.66. The van der Waals surface area contributed by atoms with E-state index in [9.17, 15) is 4.79 Å². The van der Waals surface area contributed by atoms with E-state index in [1.54, 1.807) is 6.07 Å². The molecule has 0 bridgehead atoms. The van der Waals surface area contributed by atoms with Gasteiger partial charge in [0, 0.05) is 11.3 Å². The van der Waals surface area contributed by atoms with E-state index in [-0.39, 0.29) is 5.91 Å². The van der Waals surface area contributed by atoms with Crippen LogP contribution in [0.2, 0.25) is 0 Å². The van der Waals surface area contributed by atoms with Gasteiger partial charge in [0.05, 0.1) is 18.0 Å². The molecule has 138 valence electrons. The van der Waals surface area contributed by atoms with Crippen LogP contribution >= 0.6 is 0 Å². The van der Waals surface area contributed by atoms with Crippen molar-refractivity contribution in [2.45, 2.75) is 33.7 Å².